The Morgan fingerprint density at radius 3 is 2.24 bits per heavy atom. The second kappa shape index (κ2) is 13.4. The second-order valence-electron chi connectivity index (χ2n) is 9.95. The van der Waals surface area contributed by atoms with Crippen LogP contribution in [0.25, 0.3) is 0 Å². The largest absolute Gasteiger partial charge is 0.491 e. The third kappa shape index (κ3) is 7.31. The first-order valence-electron chi connectivity index (χ1n) is 13.2. The molecular weight excluding hydrogens is 487 g/mol. The van der Waals surface area contributed by atoms with Gasteiger partial charge in [0.25, 0.3) is 0 Å². The maximum Gasteiger partial charge on any atom is 0.246 e. The Balaban J connectivity index is 1.76. The van der Waals surface area contributed by atoms with Crippen LogP contribution in [0.1, 0.15) is 44.7 Å². The third-order valence-electron chi connectivity index (χ3n) is 6.71. The zero-order valence-electron chi connectivity index (χ0n) is 22.7. The third-order valence-corrected chi connectivity index (χ3v) is 6.71. The molecule has 3 atom stereocenters. The van der Waals surface area contributed by atoms with Crippen LogP contribution >= 0.6 is 0 Å². The molecule has 38 heavy (non-hydrogen) atoms. The van der Waals surface area contributed by atoms with Gasteiger partial charge in [-0.25, -0.2) is 4.39 Å². The Morgan fingerprint density at radius 1 is 1.05 bits per heavy atom. The number of nitrogens with two attached hydrogens (primary N) is 1. The number of nitrogens with one attached hydrogen (secondary N) is 1. The number of benzene rings is 2. The van der Waals surface area contributed by atoms with Crippen LogP contribution in [0.2, 0.25) is 0 Å². The van der Waals surface area contributed by atoms with Crippen LogP contribution in [0, 0.1) is 5.82 Å². The topological polar surface area (TPSA) is 105 Å². The molecule has 206 valence electrons. The fourth-order valence-electron chi connectivity index (χ4n) is 4.82. The smallest absolute Gasteiger partial charge is 0.246 e. The number of piperazine rings is 1. The molecule has 0 bridgehead atoms. The van der Waals surface area contributed by atoms with Crippen LogP contribution in [0.5, 0.6) is 5.75 Å². The van der Waals surface area contributed by atoms with Gasteiger partial charge in [-0.05, 0) is 62.1 Å². The maximum atomic E-state index is 13.7. The van der Waals surface area contributed by atoms with Crippen LogP contribution in [-0.2, 0) is 27.2 Å². The van der Waals surface area contributed by atoms with Crippen molar-refractivity contribution in [3.8, 4) is 5.75 Å². The number of hydrogen-bond donors (Lipinski definition) is 2. The van der Waals surface area contributed by atoms with Crippen LogP contribution in [-0.4, -0.2) is 71.9 Å². The van der Waals surface area contributed by atoms with E-state index in [2.05, 4.69) is 5.32 Å². The molecular formula is C29H39FN4O4. The van der Waals surface area contributed by atoms with Crippen molar-refractivity contribution in [1.29, 1.82) is 0 Å². The lowest BCUT2D eigenvalue weighted by molar-refractivity contribution is -0.156. The number of likely N-dealkylation sites (N-methyl/N-ethyl adjacent to an activating group) is 1. The van der Waals surface area contributed by atoms with Gasteiger partial charge in [0.15, 0.2) is 0 Å². The Labute approximate surface area is 224 Å². The summed E-state index contributed by atoms with van der Waals surface area (Å²) in [6.07, 6.45) is 1.78. The second-order valence-corrected chi connectivity index (χ2v) is 9.95. The summed E-state index contributed by atoms with van der Waals surface area (Å²) in [5.41, 5.74) is 7.89. The summed E-state index contributed by atoms with van der Waals surface area (Å²) in [4.78, 5) is 43.1. The van der Waals surface area contributed by atoms with Crippen molar-refractivity contribution in [2.45, 2.75) is 70.7 Å². The average Bonchev–Trinajstić information content (AvgIpc) is 2.90. The number of ether oxygens (including phenoxy) is 1. The quantitative estimate of drug-likeness (QED) is 0.469. The van der Waals surface area contributed by atoms with Crippen LogP contribution < -0.4 is 15.8 Å². The van der Waals surface area contributed by atoms with E-state index in [1.165, 1.54) is 12.1 Å². The zero-order chi connectivity index (χ0) is 27.8. The summed E-state index contributed by atoms with van der Waals surface area (Å²) in [6, 6.07) is 11.1. The number of carbonyl (C=O) groups excluding carboxylic acids is 3. The fourth-order valence-corrected chi connectivity index (χ4v) is 4.82. The lowest BCUT2D eigenvalue weighted by Crippen LogP contribution is -2.65. The summed E-state index contributed by atoms with van der Waals surface area (Å²) in [6.45, 7) is 6.36. The van der Waals surface area contributed by atoms with Gasteiger partial charge in [0, 0.05) is 26.6 Å². The van der Waals surface area contributed by atoms with E-state index in [1.807, 2.05) is 45.0 Å². The number of amides is 3. The summed E-state index contributed by atoms with van der Waals surface area (Å²) in [5.74, 6) is -0.456. The van der Waals surface area contributed by atoms with Crippen molar-refractivity contribution >= 4 is 17.7 Å². The molecule has 1 saturated heterocycles. The normalized spacial score (nSPS) is 17.3. The van der Waals surface area contributed by atoms with Gasteiger partial charge in [0.2, 0.25) is 17.7 Å². The van der Waals surface area contributed by atoms with Gasteiger partial charge in [-0.3, -0.25) is 14.4 Å². The Hall–Kier alpha value is -3.46. The predicted molar refractivity (Wildman–Crippen MR) is 144 cm³/mol. The molecule has 0 radical (unpaired) electrons. The molecule has 3 N–H and O–H groups in total. The predicted octanol–water partition coefficient (Wildman–Crippen LogP) is 2.68. The monoisotopic (exact) mass is 526 g/mol. The van der Waals surface area contributed by atoms with Gasteiger partial charge in [-0.15, -0.1) is 0 Å². The molecule has 2 aromatic rings. The maximum absolute atomic E-state index is 13.7. The van der Waals surface area contributed by atoms with Gasteiger partial charge in [0.1, 0.15) is 23.7 Å². The minimum Gasteiger partial charge on any atom is -0.491 e. The van der Waals surface area contributed by atoms with E-state index in [0.717, 1.165) is 16.9 Å². The molecule has 3 amide bonds. The fraction of sp³-hybridized carbons (Fsp3) is 0.483. The van der Waals surface area contributed by atoms with Gasteiger partial charge in [-0.1, -0.05) is 37.6 Å². The molecule has 0 spiro atoms. The zero-order valence-corrected chi connectivity index (χ0v) is 22.7. The Bertz CT molecular complexity index is 1090. The van der Waals surface area contributed by atoms with Gasteiger partial charge >= 0.3 is 0 Å². The first-order valence-corrected chi connectivity index (χ1v) is 13.2. The molecule has 1 aliphatic heterocycles. The van der Waals surface area contributed by atoms with E-state index in [1.54, 1.807) is 29.0 Å². The van der Waals surface area contributed by atoms with E-state index < -0.39 is 18.1 Å². The van der Waals surface area contributed by atoms with E-state index in [4.69, 9.17) is 10.5 Å². The van der Waals surface area contributed by atoms with Crippen LogP contribution in [0.3, 0.4) is 0 Å². The highest BCUT2D eigenvalue weighted by Gasteiger charge is 2.42. The highest BCUT2D eigenvalue weighted by atomic mass is 19.1. The first kappa shape index (κ1) is 29.1. The van der Waals surface area contributed by atoms with Crippen molar-refractivity contribution in [2.24, 2.45) is 5.73 Å². The van der Waals surface area contributed by atoms with Crippen molar-refractivity contribution in [2.75, 3.05) is 20.1 Å². The minimum atomic E-state index is -0.861. The number of rotatable bonds is 11. The molecule has 0 aliphatic carbocycles. The highest BCUT2D eigenvalue weighted by molar-refractivity contribution is 5.94. The summed E-state index contributed by atoms with van der Waals surface area (Å²) in [7, 11) is 1.55. The van der Waals surface area contributed by atoms with Crippen molar-refractivity contribution < 1.29 is 23.5 Å². The highest BCUT2D eigenvalue weighted by Crippen LogP contribution is 2.23. The molecule has 1 heterocycles. The van der Waals surface area contributed by atoms with Crippen LogP contribution in [0.4, 0.5) is 4.39 Å². The summed E-state index contributed by atoms with van der Waals surface area (Å²) < 4.78 is 19.0. The molecule has 1 aliphatic rings. The van der Waals surface area contributed by atoms with Crippen molar-refractivity contribution in [1.82, 2.24) is 15.1 Å². The molecule has 0 aromatic heterocycles. The molecule has 3 rings (SSSR count). The van der Waals surface area contributed by atoms with Crippen molar-refractivity contribution in [3.05, 3.63) is 65.5 Å². The number of halogens is 1. The number of hydrogen-bond acceptors (Lipinski definition) is 5. The molecule has 1 fully saturated rings. The van der Waals surface area contributed by atoms with Crippen LogP contribution in [0.15, 0.2) is 48.5 Å². The Morgan fingerprint density at radius 2 is 1.66 bits per heavy atom. The molecule has 0 saturated carbocycles. The summed E-state index contributed by atoms with van der Waals surface area (Å²) in [5, 5.41) is 2.69. The molecule has 8 nitrogen and oxygen atoms in total. The van der Waals surface area contributed by atoms with Gasteiger partial charge < -0.3 is 25.6 Å². The minimum absolute atomic E-state index is 0.0513. The van der Waals surface area contributed by atoms with Gasteiger partial charge in [-0.2, -0.15) is 0 Å². The molecule has 9 heteroatoms. The van der Waals surface area contributed by atoms with Crippen molar-refractivity contribution in [3.63, 3.8) is 0 Å². The van der Waals surface area contributed by atoms with E-state index in [0.29, 0.717) is 19.3 Å². The number of carbonyl (C=O) groups is 3. The number of nitrogens with zero attached hydrogens (tertiary/aromatic N) is 2. The Kier molecular flexibility index (Phi) is 10.2. The lowest BCUT2D eigenvalue weighted by Gasteiger charge is -2.44. The van der Waals surface area contributed by atoms with E-state index >= 15 is 0 Å². The standard InChI is InChI=1S/C29H39FN4O4/c1-5-6-25-29(37)34(16-15-33(25)28(36)24(31)17-20-7-11-22(30)12-8-20)26(27(35)32-4)18-21-9-13-23(14-10-21)38-19(2)3/h7-14,19,24-26H,5-6,15-18,31H2,1-4H3,(H,32,35). The van der Waals surface area contributed by atoms with E-state index in [-0.39, 0.29) is 49.2 Å². The van der Waals surface area contributed by atoms with E-state index in [9.17, 15) is 18.8 Å². The SMILES string of the molecule is CCCC1C(=O)N(C(Cc2ccc(OC(C)C)cc2)C(=O)NC)CCN1C(=O)C(N)Cc1ccc(F)cc1. The molecule has 3 unspecified atom stereocenters. The lowest BCUT2D eigenvalue weighted by atomic mass is 9.97. The summed E-state index contributed by atoms with van der Waals surface area (Å²) >= 11 is 0. The molecule has 2 aromatic carbocycles. The average molecular weight is 527 g/mol. The van der Waals surface area contributed by atoms with Gasteiger partial charge in [0.05, 0.1) is 12.1 Å². The first-order chi connectivity index (χ1) is 18.1.